The van der Waals surface area contributed by atoms with E-state index in [9.17, 15) is 18.0 Å². The molecule has 1 amide bonds. The van der Waals surface area contributed by atoms with Crippen molar-refractivity contribution in [2.24, 2.45) is 10.7 Å². The number of alkyl halides is 3. The zero-order valence-electron chi connectivity index (χ0n) is 15.5. The Morgan fingerprint density at radius 3 is 2.34 bits per heavy atom. The van der Waals surface area contributed by atoms with Gasteiger partial charge in [0.1, 0.15) is 11.5 Å². The minimum absolute atomic E-state index is 0. The largest absolute Gasteiger partial charge is 0.573 e. The third-order valence-corrected chi connectivity index (χ3v) is 3.37. The van der Waals surface area contributed by atoms with Crippen LogP contribution >= 0.6 is 24.0 Å². The fourth-order valence-corrected chi connectivity index (χ4v) is 2.24. The van der Waals surface area contributed by atoms with E-state index < -0.39 is 6.36 Å². The summed E-state index contributed by atoms with van der Waals surface area (Å²) in [5, 5.41) is 5.43. The molecule has 0 atom stereocenters. The second-order valence-corrected chi connectivity index (χ2v) is 5.61. The molecule has 0 aliphatic rings. The van der Waals surface area contributed by atoms with Gasteiger partial charge in [-0.15, -0.1) is 37.1 Å². The quantitative estimate of drug-likeness (QED) is 0.301. The van der Waals surface area contributed by atoms with Gasteiger partial charge in [0.05, 0.1) is 19.3 Å². The average Bonchev–Trinajstić information content (AvgIpc) is 2.60. The highest BCUT2D eigenvalue weighted by molar-refractivity contribution is 14.0. The van der Waals surface area contributed by atoms with Gasteiger partial charge in [-0.3, -0.25) is 4.79 Å². The van der Waals surface area contributed by atoms with Crippen molar-refractivity contribution in [1.29, 1.82) is 0 Å². The van der Waals surface area contributed by atoms with E-state index in [1.54, 1.807) is 18.2 Å². The molecule has 158 valence electrons. The van der Waals surface area contributed by atoms with E-state index in [1.807, 2.05) is 0 Å². The second kappa shape index (κ2) is 10.7. The number of carbonyl (C=O) groups excluding carboxylic acids is 1. The van der Waals surface area contributed by atoms with E-state index >= 15 is 0 Å². The van der Waals surface area contributed by atoms with Crippen LogP contribution in [0.5, 0.6) is 11.5 Å². The minimum Gasteiger partial charge on any atom is -0.495 e. The molecular formula is C18H20F3IN4O3. The Bertz CT molecular complexity index is 858. The number of carbonyl (C=O) groups is 1. The molecule has 0 unspecified atom stereocenters. The lowest BCUT2D eigenvalue weighted by Crippen LogP contribution is -2.22. The molecule has 4 N–H and O–H groups in total. The zero-order valence-corrected chi connectivity index (χ0v) is 17.9. The van der Waals surface area contributed by atoms with Gasteiger partial charge in [0.25, 0.3) is 0 Å². The van der Waals surface area contributed by atoms with Gasteiger partial charge < -0.3 is 25.8 Å². The number of methoxy groups -OCH3 is 1. The molecule has 2 rings (SSSR count). The zero-order chi connectivity index (χ0) is 20.7. The number of nitrogens with zero attached hydrogens (tertiary/aromatic N) is 1. The average molecular weight is 524 g/mol. The first kappa shape index (κ1) is 24.3. The molecule has 0 saturated heterocycles. The van der Waals surface area contributed by atoms with Crippen molar-refractivity contribution in [2.45, 2.75) is 19.8 Å². The van der Waals surface area contributed by atoms with E-state index in [0.717, 1.165) is 17.7 Å². The van der Waals surface area contributed by atoms with Crippen LogP contribution in [-0.4, -0.2) is 25.3 Å². The second-order valence-electron chi connectivity index (χ2n) is 5.61. The minimum atomic E-state index is -4.75. The van der Waals surface area contributed by atoms with Crippen LogP contribution in [0.3, 0.4) is 0 Å². The molecule has 11 heteroatoms. The molecule has 2 aromatic carbocycles. The summed E-state index contributed by atoms with van der Waals surface area (Å²) in [5.74, 6) is 0.00644. The third-order valence-electron chi connectivity index (χ3n) is 3.37. The van der Waals surface area contributed by atoms with Gasteiger partial charge in [-0.2, -0.15) is 0 Å². The molecule has 0 aromatic heterocycles. The number of aliphatic imine (C=N–C) groups is 1. The third kappa shape index (κ3) is 8.46. The summed E-state index contributed by atoms with van der Waals surface area (Å²) in [4.78, 5) is 15.4. The Morgan fingerprint density at radius 1 is 1.14 bits per heavy atom. The number of hydrogen-bond donors (Lipinski definition) is 3. The van der Waals surface area contributed by atoms with Crippen LogP contribution in [0.15, 0.2) is 47.5 Å². The van der Waals surface area contributed by atoms with Crippen LogP contribution < -0.4 is 25.8 Å². The van der Waals surface area contributed by atoms with Crippen molar-refractivity contribution in [3.8, 4) is 11.5 Å². The number of nitrogens with two attached hydrogens (primary N) is 1. The predicted molar refractivity (Wildman–Crippen MR) is 115 cm³/mol. The predicted octanol–water partition coefficient (Wildman–Crippen LogP) is 4.10. The topological polar surface area (TPSA) is 98.0 Å². The van der Waals surface area contributed by atoms with E-state index in [-0.39, 0.29) is 48.1 Å². The van der Waals surface area contributed by atoms with Gasteiger partial charge in [0.2, 0.25) is 5.91 Å². The van der Waals surface area contributed by atoms with Crippen LogP contribution in [0.4, 0.5) is 24.5 Å². The lowest BCUT2D eigenvalue weighted by Gasteiger charge is -2.11. The summed E-state index contributed by atoms with van der Waals surface area (Å²) in [6.07, 6.45) is -4.75. The SMILES string of the molecule is COc1ccc(CN=C(N)Nc2ccc(OC(F)(F)F)cc2)cc1NC(C)=O.I. The summed E-state index contributed by atoms with van der Waals surface area (Å²) in [6, 6.07) is 10.2. The summed E-state index contributed by atoms with van der Waals surface area (Å²) >= 11 is 0. The van der Waals surface area contributed by atoms with Gasteiger partial charge in [0.15, 0.2) is 5.96 Å². The number of guanidine groups is 1. The van der Waals surface area contributed by atoms with Gasteiger partial charge in [-0.05, 0) is 42.0 Å². The first-order valence-electron chi connectivity index (χ1n) is 8.03. The van der Waals surface area contributed by atoms with Crippen LogP contribution in [0.1, 0.15) is 12.5 Å². The normalized spacial score (nSPS) is 11.3. The van der Waals surface area contributed by atoms with E-state index in [1.165, 1.54) is 26.2 Å². The molecule has 0 fully saturated rings. The van der Waals surface area contributed by atoms with Crippen LogP contribution in [0.2, 0.25) is 0 Å². The smallest absolute Gasteiger partial charge is 0.495 e. The fraction of sp³-hybridized carbons (Fsp3) is 0.222. The molecule has 0 aliphatic carbocycles. The summed E-state index contributed by atoms with van der Waals surface area (Å²) < 4.78 is 45.4. The number of anilines is 2. The maximum atomic E-state index is 12.2. The Morgan fingerprint density at radius 2 is 1.79 bits per heavy atom. The standard InChI is InChI=1S/C18H19F3N4O3.HI/c1-11(26)24-15-9-12(3-8-16(15)27-2)10-23-17(22)25-13-4-6-14(7-5-13)28-18(19,20)21;/h3-9H,10H2,1-2H3,(H,24,26)(H3,22,23,25);1H. The Hall–Kier alpha value is -2.70. The molecule has 0 radical (unpaired) electrons. The Labute approximate surface area is 182 Å². The van der Waals surface area contributed by atoms with E-state index in [4.69, 9.17) is 10.5 Å². The fourth-order valence-electron chi connectivity index (χ4n) is 2.24. The van der Waals surface area contributed by atoms with Crippen molar-refractivity contribution < 1.29 is 27.4 Å². The molecule has 0 heterocycles. The van der Waals surface area contributed by atoms with Gasteiger partial charge >= 0.3 is 6.36 Å². The van der Waals surface area contributed by atoms with E-state index in [0.29, 0.717) is 17.1 Å². The number of amides is 1. The number of benzene rings is 2. The molecular weight excluding hydrogens is 504 g/mol. The first-order valence-corrected chi connectivity index (χ1v) is 8.03. The molecule has 0 aliphatic heterocycles. The van der Waals surface area contributed by atoms with Gasteiger partial charge in [-0.1, -0.05) is 6.07 Å². The van der Waals surface area contributed by atoms with Crippen molar-refractivity contribution in [2.75, 3.05) is 17.7 Å². The maximum absolute atomic E-state index is 12.2. The lowest BCUT2D eigenvalue weighted by atomic mass is 10.2. The van der Waals surface area contributed by atoms with Crippen molar-refractivity contribution in [3.63, 3.8) is 0 Å². The maximum Gasteiger partial charge on any atom is 0.573 e. The molecule has 0 saturated carbocycles. The first-order chi connectivity index (χ1) is 13.2. The molecule has 0 spiro atoms. The number of rotatable bonds is 6. The van der Waals surface area contributed by atoms with E-state index in [2.05, 4.69) is 20.4 Å². The summed E-state index contributed by atoms with van der Waals surface area (Å²) in [5.41, 5.74) is 7.53. The summed E-state index contributed by atoms with van der Waals surface area (Å²) in [7, 11) is 1.49. The van der Waals surface area contributed by atoms with Crippen molar-refractivity contribution in [1.82, 2.24) is 0 Å². The van der Waals surface area contributed by atoms with Gasteiger partial charge in [0, 0.05) is 12.6 Å². The van der Waals surface area contributed by atoms with Crippen LogP contribution in [0.25, 0.3) is 0 Å². The number of nitrogens with one attached hydrogen (secondary N) is 2. The lowest BCUT2D eigenvalue weighted by molar-refractivity contribution is -0.274. The number of halogens is 4. The molecule has 0 bridgehead atoms. The van der Waals surface area contributed by atoms with Gasteiger partial charge in [-0.25, -0.2) is 4.99 Å². The molecule has 29 heavy (non-hydrogen) atoms. The summed E-state index contributed by atoms with van der Waals surface area (Å²) in [6.45, 7) is 1.60. The van der Waals surface area contributed by atoms with Crippen LogP contribution in [0, 0.1) is 0 Å². The molecule has 7 nitrogen and oxygen atoms in total. The highest BCUT2D eigenvalue weighted by atomic mass is 127. The Balaban J connectivity index is 0.00000420. The Kier molecular flexibility index (Phi) is 9.01. The highest BCUT2D eigenvalue weighted by Crippen LogP contribution is 2.26. The monoisotopic (exact) mass is 524 g/mol. The van der Waals surface area contributed by atoms with Crippen molar-refractivity contribution in [3.05, 3.63) is 48.0 Å². The highest BCUT2D eigenvalue weighted by Gasteiger charge is 2.30. The van der Waals surface area contributed by atoms with Crippen LogP contribution in [-0.2, 0) is 11.3 Å². The molecule has 2 aromatic rings. The number of hydrogen-bond acceptors (Lipinski definition) is 4. The number of ether oxygens (including phenoxy) is 2. The van der Waals surface area contributed by atoms with Crippen molar-refractivity contribution >= 4 is 47.2 Å².